The maximum absolute atomic E-state index is 12.1. The van der Waals surface area contributed by atoms with Crippen LogP contribution < -0.4 is 5.32 Å². The Morgan fingerprint density at radius 3 is 2.33 bits per heavy atom. The van der Waals surface area contributed by atoms with Gasteiger partial charge in [-0.1, -0.05) is 26.7 Å². The first kappa shape index (κ1) is 15.4. The van der Waals surface area contributed by atoms with Gasteiger partial charge in [0.2, 0.25) is 5.91 Å². The third-order valence-corrected chi connectivity index (χ3v) is 3.91. The van der Waals surface area contributed by atoms with E-state index in [4.69, 9.17) is 4.74 Å². The largest absolute Gasteiger partial charge is 0.363 e. The summed E-state index contributed by atoms with van der Waals surface area (Å²) >= 11 is 0. The number of hydrogen-bond donors (Lipinski definition) is 1. The molecule has 0 aliphatic carbocycles. The fraction of sp³-hybridized carbons (Fsp3) is 0.929. The number of nitrogens with zero attached hydrogens (tertiary/aromatic N) is 1. The number of hydrogen-bond acceptors (Lipinski definition) is 3. The molecule has 0 saturated carbocycles. The van der Waals surface area contributed by atoms with E-state index in [1.165, 1.54) is 0 Å². The molecular formula is C14H28N2O2. The molecule has 0 unspecified atom stereocenters. The molecule has 0 spiro atoms. The van der Waals surface area contributed by atoms with Crippen molar-refractivity contribution in [3.8, 4) is 0 Å². The van der Waals surface area contributed by atoms with Crippen molar-refractivity contribution in [1.82, 2.24) is 10.2 Å². The van der Waals surface area contributed by atoms with E-state index >= 15 is 0 Å². The van der Waals surface area contributed by atoms with Crippen molar-refractivity contribution in [2.75, 3.05) is 32.8 Å². The minimum absolute atomic E-state index is 0.123. The summed E-state index contributed by atoms with van der Waals surface area (Å²) in [5.74, 6) is 0.729. The Balaban J connectivity index is 2.36. The highest BCUT2D eigenvalue weighted by Gasteiger charge is 2.33. The van der Waals surface area contributed by atoms with Crippen molar-refractivity contribution in [3.05, 3.63) is 0 Å². The summed E-state index contributed by atoms with van der Waals surface area (Å²) in [6.07, 6.45) is 2.26. The van der Waals surface area contributed by atoms with Crippen LogP contribution in [0.2, 0.25) is 0 Å². The van der Waals surface area contributed by atoms with E-state index in [0.29, 0.717) is 5.92 Å². The molecular weight excluding hydrogens is 228 g/mol. The lowest BCUT2D eigenvalue weighted by Crippen LogP contribution is -2.59. The lowest BCUT2D eigenvalue weighted by atomic mass is 10.0. The van der Waals surface area contributed by atoms with E-state index in [0.717, 1.165) is 39.0 Å². The van der Waals surface area contributed by atoms with Crippen LogP contribution >= 0.6 is 0 Å². The van der Waals surface area contributed by atoms with Gasteiger partial charge in [-0.05, 0) is 19.8 Å². The Hall–Kier alpha value is -0.610. The van der Waals surface area contributed by atoms with Crippen LogP contribution in [0.1, 0.15) is 40.5 Å². The molecule has 18 heavy (non-hydrogen) atoms. The minimum Gasteiger partial charge on any atom is -0.363 e. The third-order valence-electron chi connectivity index (χ3n) is 3.91. The predicted octanol–water partition coefficient (Wildman–Crippen LogP) is 1.65. The molecule has 4 heteroatoms. The van der Waals surface area contributed by atoms with Gasteiger partial charge in [-0.25, -0.2) is 0 Å². The van der Waals surface area contributed by atoms with Crippen molar-refractivity contribution in [1.29, 1.82) is 0 Å². The van der Waals surface area contributed by atoms with Gasteiger partial charge >= 0.3 is 0 Å². The second-order valence-corrected chi connectivity index (χ2v) is 5.46. The highest BCUT2D eigenvalue weighted by Crippen LogP contribution is 2.16. The van der Waals surface area contributed by atoms with Gasteiger partial charge in [0.25, 0.3) is 0 Å². The van der Waals surface area contributed by atoms with Crippen LogP contribution in [0, 0.1) is 5.92 Å². The molecule has 0 aromatic heterocycles. The van der Waals surface area contributed by atoms with E-state index in [-0.39, 0.29) is 18.1 Å². The number of likely N-dealkylation sites (N-methyl/N-ethyl adjacent to an activating group) is 1. The van der Waals surface area contributed by atoms with E-state index in [1.54, 1.807) is 0 Å². The molecule has 4 nitrogen and oxygen atoms in total. The van der Waals surface area contributed by atoms with Crippen molar-refractivity contribution in [2.24, 2.45) is 5.92 Å². The Bertz CT molecular complexity index is 261. The number of amides is 1. The quantitative estimate of drug-likeness (QED) is 0.718. The summed E-state index contributed by atoms with van der Waals surface area (Å²) in [7, 11) is 0. The SMILES string of the molecule is CCC(CC)CN(CC)C(=O)COC1(C)CNC1. The molecule has 1 saturated heterocycles. The van der Waals surface area contributed by atoms with Gasteiger partial charge in [-0.15, -0.1) is 0 Å². The van der Waals surface area contributed by atoms with Gasteiger partial charge in [0, 0.05) is 26.2 Å². The number of carbonyl (C=O) groups excluding carboxylic acids is 1. The average molecular weight is 256 g/mol. The maximum atomic E-state index is 12.1. The van der Waals surface area contributed by atoms with Gasteiger partial charge < -0.3 is 15.0 Å². The van der Waals surface area contributed by atoms with Gasteiger partial charge in [-0.2, -0.15) is 0 Å². The molecule has 1 rings (SSSR count). The minimum atomic E-state index is -0.135. The standard InChI is InChI=1S/C14H28N2O2/c1-5-12(6-2)8-16(7-3)13(17)9-18-14(4)10-15-11-14/h12,15H,5-11H2,1-4H3. The van der Waals surface area contributed by atoms with E-state index < -0.39 is 0 Å². The zero-order valence-electron chi connectivity index (χ0n) is 12.3. The zero-order valence-corrected chi connectivity index (χ0v) is 12.3. The Labute approximate surface area is 111 Å². The fourth-order valence-electron chi connectivity index (χ4n) is 2.17. The molecule has 106 valence electrons. The Morgan fingerprint density at radius 2 is 1.94 bits per heavy atom. The first-order valence-electron chi connectivity index (χ1n) is 7.17. The van der Waals surface area contributed by atoms with Gasteiger partial charge in [-0.3, -0.25) is 4.79 Å². The second kappa shape index (κ2) is 7.10. The van der Waals surface area contributed by atoms with E-state index in [9.17, 15) is 4.79 Å². The highest BCUT2D eigenvalue weighted by atomic mass is 16.5. The van der Waals surface area contributed by atoms with Crippen molar-refractivity contribution >= 4 is 5.91 Å². The van der Waals surface area contributed by atoms with Crippen LogP contribution in [-0.4, -0.2) is 49.2 Å². The van der Waals surface area contributed by atoms with Gasteiger partial charge in [0.05, 0.1) is 5.60 Å². The summed E-state index contributed by atoms with van der Waals surface area (Å²) in [6, 6.07) is 0. The van der Waals surface area contributed by atoms with E-state index in [1.807, 2.05) is 18.7 Å². The fourth-order valence-corrected chi connectivity index (χ4v) is 2.17. The van der Waals surface area contributed by atoms with E-state index in [2.05, 4.69) is 19.2 Å². The number of nitrogens with one attached hydrogen (secondary N) is 1. The first-order chi connectivity index (χ1) is 8.54. The number of carbonyl (C=O) groups is 1. The van der Waals surface area contributed by atoms with Crippen LogP contribution in [0.4, 0.5) is 0 Å². The average Bonchev–Trinajstić information content (AvgIpc) is 2.35. The smallest absolute Gasteiger partial charge is 0.248 e. The lowest BCUT2D eigenvalue weighted by molar-refractivity contribution is -0.146. The molecule has 0 aromatic rings. The van der Waals surface area contributed by atoms with Crippen molar-refractivity contribution < 1.29 is 9.53 Å². The summed E-state index contributed by atoms with van der Waals surface area (Å²) < 4.78 is 5.71. The van der Waals surface area contributed by atoms with Crippen LogP contribution in [-0.2, 0) is 9.53 Å². The number of rotatable bonds is 8. The Kier molecular flexibility index (Phi) is 6.09. The molecule has 1 heterocycles. The summed E-state index contributed by atoms with van der Waals surface area (Å²) in [5.41, 5.74) is -0.135. The molecule has 0 aromatic carbocycles. The van der Waals surface area contributed by atoms with Crippen LogP contribution in [0.3, 0.4) is 0 Å². The van der Waals surface area contributed by atoms with Crippen molar-refractivity contribution in [2.45, 2.75) is 46.1 Å². The molecule has 0 atom stereocenters. The highest BCUT2D eigenvalue weighted by molar-refractivity contribution is 5.77. The van der Waals surface area contributed by atoms with Gasteiger partial charge in [0.1, 0.15) is 6.61 Å². The topological polar surface area (TPSA) is 41.6 Å². The van der Waals surface area contributed by atoms with Gasteiger partial charge in [0.15, 0.2) is 0 Å². The first-order valence-corrected chi connectivity index (χ1v) is 7.17. The zero-order chi connectivity index (χ0) is 13.6. The maximum Gasteiger partial charge on any atom is 0.248 e. The van der Waals surface area contributed by atoms with Crippen LogP contribution in [0.15, 0.2) is 0 Å². The molecule has 1 amide bonds. The molecule has 1 aliphatic heterocycles. The molecule has 0 bridgehead atoms. The van der Waals surface area contributed by atoms with Crippen molar-refractivity contribution in [3.63, 3.8) is 0 Å². The molecule has 1 N–H and O–H groups in total. The van der Waals surface area contributed by atoms with Crippen LogP contribution in [0.25, 0.3) is 0 Å². The summed E-state index contributed by atoms with van der Waals surface area (Å²) in [6.45, 7) is 12.0. The molecule has 0 radical (unpaired) electrons. The summed E-state index contributed by atoms with van der Waals surface area (Å²) in [4.78, 5) is 14.0. The predicted molar refractivity (Wildman–Crippen MR) is 73.6 cm³/mol. The number of ether oxygens (including phenoxy) is 1. The molecule has 1 aliphatic rings. The second-order valence-electron chi connectivity index (χ2n) is 5.46. The third kappa shape index (κ3) is 4.25. The normalized spacial score (nSPS) is 17.6. The molecule has 1 fully saturated rings. The monoisotopic (exact) mass is 256 g/mol. The lowest BCUT2D eigenvalue weighted by Gasteiger charge is -2.39. The Morgan fingerprint density at radius 1 is 1.33 bits per heavy atom. The summed E-state index contributed by atoms with van der Waals surface area (Å²) in [5, 5.41) is 3.17. The van der Waals surface area contributed by atoms with Crippen LogP contribution in [0.5, 0.6) is 0 Å².